The fraction of sp³-hybridized carbons (Fsp3) is 0.222. The van der Waals surface area contributed by atoms with Crippen LogP contribution in [0.4, 0.5) is 5.82 Å². The van der Waals surface area contributed by atoms with Gasteiger partial charge in [-0.2, -0.15) is 5.10 Å². The molecular weight excluding hydrogens is 332 g/mol. The van der Waals surface area contributed by atoms with Crippen molar-refractivity contribution in [3.8, 4) is 28.5 Å². The van der Waals surface area contributed by atoms with Gasteiger partial charge in [-0.15, -0.1) is 0 Å². The summed E-state index contributed by atoms with van der Waals surface area (Å²) in [5.74, 6) is 1.77. The van der Waals surface area contributed by atoms with E-state index < -0.39 is 0 Å². The number of ether oxygens (including phenoxy) is 1. The van der Waals surface area contributed by atoms with E-state index in [9.17, 15) is 0 Å². The third kappa shape index (κ3) is 2.55. The SMILES string of the molecule is COc1ccc(-c2cc(-c3nn(C(C)C)c4ncnc(N)c34)no2)cc1. The third-order valence-corrected chi connectivity index (χ3v) is 4.13. The molecule has 4 aromatic rings. The van der Waals surface area contributed by atoms with Gasteiger partial charge in [0, 0.05) is 17.7 Å². The lowest BCUT2D eigenvalue weighted by molar-refractivity contribution is 0.414. The van der Waals surface area contributed by atoms with Crippen LogP contribution in [0.2, 0.25) is 0 Å². The number of hydrogen-bond acceptors (Lipinski definition) is 7. The van der Waals surface area contributed by atoms with Crippen LogP contribution >= 0.6 is 0 Å². The van der Waals surface area contributed by atoms with Crippen LogP contribution < -0.4 is 10.5 Å². The van der Waals surface area contributed by atoms with Crippen molar-refractivity contribution in [2.75, 3.05) is 12.8 Å². The second-order valence-electron chi connectivity index (χ2n) is 6.15. The number of benzene rings is 1. The lowest BCUT2D eigenvalue weighted by Crippen LogP contribution is -2.04. The van der Waals surface area contributed by atoms with Crippen LogP contribution in [-0.2, 0) is 0 Å². The molecule has 0 unspecified atom stereocenters. The van der Waals surface area contributed by atoms with E-state index in [0.29, 0.717) is 34.0 Å². The Morgan fingerprint density at radius 1 is 1.15 bits per heavy atom. The normalized spacial score (nSPS) is 11.4. The van der Waals surface area contributed by atoms with E-state index in [2.05, 4.69) is 20.2 Å². The molecule has 8 nitrogen and oxygen atoms in total. The Labute approximate surface area is 149 Å². The predicted octanol–water partition coefficient (Wildman–Crippen LogP) is 3.32. The first-order valence-corrected chi connectivity index (χ1v) is 8.18. The highest BCUT2D eigenvalue weighted by Gasteiger charge is 2.21. The van der Waals surface area contributed by atoms with Gasteiger partial charge >= 0.3 is 0 Å². The number of methoxy groups -OCH3 is 1. The maximum atomic E-state index is 6.08. The van der Waals surface area contributed by atoms with Crippen LogP contribution in [0.1, 0.15) is 19.9 Å². The van der Waals surface area contributed by atoms with Crippen molar-refractivity contribution in [3.05, 3.63) is 36.7 Å². The summed E-state index contributed by atoms with van der Waals surface area (Å²) >= 11 is 0. The Morgan fingerprint density at radius 2 is 1.92 bits per heavy atom. The topological polar surface area (TPSA) is 105 Å². The van der Waals surface area contributed by atoms with Gasteiger partial charge in [0.05, 0.1) is 12.5 Å². The van der Waals surface area contributed by atoms with Crippen LogP contribution in [0.25, 0.3) is 33.7 Å². The highest BCUT2D eigenvalue weighted by atomic mass is 16.5. The van der Waals surface area contributed by atoms with Crippen LogP contribution in [0.15, 0.2) is 41.2 Å². The van der Waals surface area contributed by atoms with Gasteiger partial charge in [0.1, 0.15) is 29.3 Å². The molecular formula is C18H18N6O2. The molecule has 0 fully saturated rings. The van der Waals surface area contributed by atoms with Crippen molar-refractivity contribution in [1.29, 1.82) is 0 Å². The number of nitrogens with zero attached hydrogens (tertiary/aromatic N) is 5. The van der Waals surface area contributed by atoms with E-state index in [0.717, 1.165) is 11.3 Å². The Hall–Kier alpha value is -3.42. The second-order valence-corrected chi connectivity index (χ2v) is 6.15. The number of rotatable bonds is 4. The lowest BCUT2D eigenvalue weighted by Gasteiger charge is -2.05. The molecule has 0 saturated carbocycles. The van der Waals surface area contributed by atoms with Gasteiger partial charge in [-0.1, -0.05) is 5.16 Å². The minimum atomic E-state index is 0.119. The molecule has 2 N–H and O–H groups in total. The molecule has 1 aromatic carbocycles. The minimum Gasteiger partial charge on any atom is -0.497 e. The maximum absolute atomic E-state index is 6.08. The molecule has 0 aliphatic carbocycles. The standard InChI is InChI=1S/C18H18N6O2/c1-10(2)24-18-15(17(19)20-9-21-18)16(22-24)13-8-14(26-23-13)11-4-6-12(25-3)7-5-11/h4-10H,1-3H3,(H2,19,20,21). The van der Waals surface area contributed by atoms with Gasteiger partial charge in [-0.05, 0) is 38.1 Å². The number of anilines is 1. The number of hydrogen-bond donors (Lipinski definition) is 1. The summed E-state index contributed by atoms with van der Waals surface area (Å²) < 4.78 is 12.5. The van der Waals surface area contributed by atoms with E-state index in [-0.39, 0.29) is 6.04 Å². The summed E-state index contributed by atoms with van der Waals surface area (Å²) in [6.45, 7) is 4.06. The van der Waals surface area contributed by atoms with Crippen molar-refractivity contribution < 1.29 is 9.26 Å². The van der Waals surface area contributed by atoms with Crippen LogP contribution in [0.5, 0.6) is 5.75 Å². The Bertz CT molecular complexity index is 1070. The second kappa shape index (κ2) is 6.14. The van der Waals surface area contributed by atoms with Gasteiger partial charge in [0.25, 0.3) is 0 Å². The van der Waals surface area contributed by atoms with Gasteiger partial charge in [-0.25, -0.2) is 14.6 Å². The molecule has 0 saturated heterocycles. The van der Waals surface area contributed by atoms with E-state index in [4.69, 9.17) is 15.0 Å². The molecule has 3 heterocycles. The number of aromatic nitrogens is 5. The summed E-state index contributed by atoms with van der Waals surface area (Å²) in [5, 5.41) is 9.50. The number of nitrogen functional groups attached to an aromatic ring is 1. The Kier molecular flexibility index (Phi) is 3.80. The van der Waals surface area contributed by atoms with Crippen molar-refractivity contribution in [3.63, 3.8) is 0 Å². The van der Waals surface area contributed by atoms with Crippen LogP contribution in [0.3, 0.4) is 0 Å². The van der Waals surface area contributed by atoms with Crippen molar-refractivity contribution in [1.82, 2.24) is 24.9 Å². The monoisotopic (exact) mass is 350 g/mol. The van der Waals surface area contributed by atoms with Crippen LogP contribution in [0, 0.1) is 0 Å². The molecule has 3 aromatic heterocycles. The van der Waals surface area contributed by atoms with Gasteiger partial charge < -0.3 is 15.0 Å². The van der Waals surface area contributed by atoms with E-state index >= 15 is 0 Å². The average Bonchev–Trinajstić information content (AvgIpc) is 3.27. The van der Waals surface area contributed by atoms with E-state index in [1.54, 1.807) is 7.11 Å². The molecule has 132 valence electrons. The molecule has 0 bridgehead atoms. The van der Waals surface area contributed by atoms with Gasteiger partial charge in [0.2, 0.25) is 0 Å². The minimum absolute atomic E-state index is 0.119. The van der Waals surface area contributed by atoms with Crippen molar-refractivity contribution in [2.24, 2.45) is 0 Å². The number of nitrogens with two attached hydrogens (primary N) is 1. The fourth-order valence-electron chi connectivity index (χ4n) is 2.81. The third-order valence-electron chi connectivity index (χ3n) is 4.13. The van der Waals surface area contributed by atoms with E-state index in [1.165, 1.54) is 6.33 Å². The van der Waals surface area contributed by atoms with E-state index in [1.807, 2.05) is 48.9 Å². The first kappa shape index (κ1) is 16.1. The van der Waals surface area contributed by atoms with Gasteiger partial charge in [0.15, 0.2) is 11.4 Å². The molecule has 0 spiro atoms. The molecule has 0 radical (unpaired) electrons. The first-order chi connectivity index (χ1) is 12.6. The summed E-state index contributed by atoms with van der Waals surface area (Å²) in [7, 11) is 1.63. The average molecular weight is 350 g/mol. The fourth-order valence-corrected chi connectivity index (χ4v) is 2.81. The zero-order valence-electron chi connectivity index (χ0n) is 14.7. The predicted molar refractivity (Wildman–Crippen MR) is 97.6 cm³/mol. The molecule has 4 rings (SSSR count). The molecule has 0 atom stereocenters. The Morgan fingerprint density at radius 3 is 2.62 bits per heavy atom. The van der Waals surface area contributed by atoms with Crippen LogP contribution in [-0.4, -0.2) is 32.0 Å². The maximum Gasteiger partial charge on any atom is 0.167 e. The Balaban J connectivity index is 1.82. The molecule has 0 aliphatic rings. The lowest BCUT2D eigenvalue weighted by atomic mass is 10.1. The largest absolute Gasteiger partial charge is 0.497 e. The molecule has 26 heavy (non-hydrogen) atoms. The summed E-state index contributed by atoms with van der Waals surface area (Å²) in [5.41, 5.74) is 8.84. The first-order valence-electron chi connectivity index (χ1n) is 8.18. The quantitative estimate of drug-likeness (QED) is 0.602. The summed E-state index contributed by atoms with van der Waals surface area (Å²) in [6.07, 6.45) is 1.44. The van der Waals surface area contributed by atoms with Gasteiger partial charge in [-0.3, -0.25) is 0 Å². The van der Waals surface area contributed by atoms with Crippen molar-refractivity contribution in [2.45, 2.75) is 19.9 Å². The van der Waals surface area contributed by atoms with Crippen molar-refractivity contribution >= 4 is 16.9 Å². The zero-order valence-corrected chi connectivity index (χ0v) is 14.7. The molecule has 8 heteroatoms. The summed E-state index contributed by atoms with van der Waals surface area (Å²) in [6, 6.07) is 9.50. The smallest absolute Gasteiger partial charge is 0.167 e. The summed E-state index contributed by atoms with van der Waals surface area (Å²) in [4.78, 5) is 8.42. The number of fused-ring (bicyclic) bond motifs is 1. The molecule has 0 amide bonds. The highest BCUT2D eigenvalue weighted by molar-refractivity contribution is 5.97. The molecule has 0 aliphatic heterocycles. The zero-order chi connectivity index (χ0) is 18.3. The highest BCUT2D eigenvalue weighted by Crippen LogP contribution is 2.33.